The molecule has 0 aromatic carbocycles. The van der Waals surface area contributed by atoms with Crippen molar-refractivity contribution in [1.82, 2.24) is 19.5 Å². The highest BCUT2D eigenvalue weighted by Crippen LogP contribution is 2.81. The zero-order valence-electron chi connectivity index (χ0n) is 20.7. The molecule has 0 radical (unpaired) electrons. The van der Waals surface area contributed by atoms with Gasteiger partial charge in [0.1, 0.15) is 11.8 Å². The minimum Gasteiger partial charge on any atom is -0.432 e. The van der Waals surface area contributed by atoms with Crippen LogP contribution in [0.3, 0.4) is 0 Å². The summed E-state index contributed by atoms with van der Waals surface area (Å²) in [6, 6.07) is -0.845. The largest absolute Gasteiger partial charge is 0.510 e. The SMILES string of the molecule is CC(C)OC(=O)OCOC1O[P+]1(CO[C@H](C)Cn1cnc2c(N)ncnc21)OCOC(=O)OC(C)C. The Hall–Kier alpha value is -2.84. The number of hydrogen-bond acceptors (Lipinski definition) is 14. The number of ether oxygens (including phenoxy) is 6. The monoisotopic (exact) mass is 532 g/mol. The van der Waals surface area contributed by atoms with Crippen molar-refractivity contribution < 1.29 is 47.1 Å². The van der Waals surface area contributed by atoms with Gasteiger partial charge in [-0.05, 0) is 34.6 Å². The molecule has 15 nitrogen and oxygen atoms in total. The van der Waals surface area contributed by atoms with Crippen molar-refractivity contribution >= 4 is 37.0 Å². The van der Waals surface area contributed by atoms with Crippen LogP contribution >= 0.6 is 7.72 Å². The van der Waals surface area contributed by atoms with Crippen LogP contribution in [0.2, 0.25) is 0 Å². The van der Waals surface area contributed by atoms with E-state index in [1.807, 2.05) is 6.92 Å². The molecule has 16 heteroatoms. The van der Waals surface area contributed by atoms with Crippen molar-refractivity contribution in [2.24, 2.45) is 0 Å². The number of aromatic nitrogens is 4. The average Bonchev–Trinajstić information content (AvgIpc) is 3.30. The molecule has 1 fully saturated rings. The van der Waals surface area contributed by atoms with Crippen LogP contribution in [0.1, 0.15) is 34.6 Å². The second-order valence-corrected chi connectivity index (χ2v) is 10.8. The molecular weight excluding hydrogens is 501 g/mol. The number of nitrogens with zero attached hydrogens (tertiary/aromatic N) is 4. The van der Waals surface area contributed by atoms with E-state index in [0.717, 1.165) is 0 Å². The van der Waals surface area contributed by atoms with E-state index in [2.05, 4.69) is 15.0 Å². The van der Waals surface area contributed by atoms with Gasteiger partial charge in [-0.25, -0.2) is 24.5 Å². The highest BCUT2D eigenvalue weighted by Gasteiger charge is 2.74. The van der Waals surface area contributed by atoms with E-state index < -0.39 is 39.6 Å². The molecule has 1 saturated heterocycles. The van der Waals surface area contributed by atoms with Crippen molar-refractivity contribution in [1.29, 1.82) is 0 Å². The van der Waals surface area contributed by atoms with Crippen LogP contribution in [0.5, 0.6) is 0 Å². The Bertz CT molecular complexity index is 1040. The number of fused-ring (bicyclic) bond motifs is 1. The Kier molecular flexibility index (Phi) is 9.56. The van der Waals surface area contributed by atoms with Gasteiger partial charge >= 0.3 is 26.1 Å². The van der Waals surface area contributed by atoms with Crippen molar-refractivity contribution in [2.45, 2.75) is 65.5 Å². The molecule has 1 aliphatic rings. The summed E-state index contributed by atoms with van der Waals surface area (Å²) in [4.78, 5) is 35.5. The summed E-state index contributed by atoms with van der Waals surface area (Å²) in [5.74, 6) is 0.285. The van der Waals surface area contributed by atoms with E-state index >= 15 is 0 Å². The number of hydrogen-bond donors (Lipinski definition) is 1. The fourth-order valence-corrected chi connectivity index (χ4v) is 4.89. The summed E-state index contributed by atoms with van der Waals surface area (Å²) >= 11 is 0. The third-order valence-electron chi connectivity index (χ3n) is 4.47. The smallest absolute Gasteiger partial charge is 0.432 e. The lowest BCUT2D eigenvalue weighted by molar-refractivity contribution is -0.0785. The maximum atomic E-state index is 11.6. The average molecular weight is 532 g/mol. The maximum Gasteiger partial charge on any atom is 0.510 e. The maximum absolute atomic E-state index is 11.6. The van der Waals surface area contributed by atoms with E-state index in [4.69, 9.17) is 43.2 Å². The molecule has 2 aromatic rings. The number of nitrogen functional groups attached to an aromatic ring is 1. The molecule has 0 amide bonds. The molecule has 2 N–H and O–H groups in total. The molecule has 2 aromatic heterocycles. The molecule has 36 heavy (non-hydrogen) atoms. The van der Waals surface area contributed by atoms with Gasteiger partial charge in [-0.3, -0.25) is 4.74 Å². The van der Waals surface area contributed by atoms with Gasteiger partial charge in [-0.2, -0.15) is 4.52 Å². The highest BCUT2D eigenvalue weighted by molar-refractivity contribution is 7.72. The lowest BCUT2D eigenvalue weighted by Gasteiger charge is -2.14. The summed E-state index contributed by atoms with van der Waals surface area (Å²) in [5, 5.41) is 0. The molecule has 0 saturated carbocycles. The second kappa shape index (κ2) is 12.4. The zero-order valence-corrected chi connectivity index (χ0v) is 21.6. The predicted molar refractivity (Wildman–Crippen MR) is 124 cm³/mol. The standard InChI is InChI=1S/C20H31N5O10P/c1-12(2)33-18(26)28-9-30-20-35-36(20,32-10-29-19(27)34-13(3)4)11-31-14(5)6-25-8-24-15-16(21)22-7-23-17(15)25/h7-8,12-14,20H,6,9-11H2,1-5H3,(H2,21,22,23)/q+1/t14-,20?,36?/m1/s1. The first-order valence-electron chi connectivity index (χ1n) is 11.1. The Labute approximate surface area is 207 Å². The summed E-state index contributed by atoms with van der Waals surface area (Å²) in [6.45, 7) is 8.14. The number of rotatable bonds is 13. The third-order valence-corrected chi connectivity index (χ3v) is 6.75. The first-order valence-corrected chi connectivity index (χ1v) is 13.0. The molecule has 200 valence electrons. The first-order chi connectivity index (χ1) is 17.1. The highest BCUT2D eigenvalue weighted by atomic mass is 31.2. The number of anilines is 1. The molecule has 0 bridgehead atoms. The molecule has 2 unspecified atom stereocenters. The first kappa shape index (κ1) is 27.7. The number of nitrogens with two attached hydrogens (primary N) is 1. The minimum atomic E-state index is -2.76. The third kappa shape index (κ3) is 7.83. The zero-order chi connectivity index (χ0) is 26.3. The number of carbonyl (C=O) groups excluding carboxylic acids is 2. The van der Waals surface area contributed by atoms with Crippen LogP contribution < -0.4 is 5.73 Å². The quantitative estimate of drug-likeness (QED) is 0.172. The molecule has 3 rings (SSSR count). The van der Waals surface area contributed by atoms with Gasteiger partial charge in [0, 0.05) is 0 Å². The lowest BCUT2D eigenvalue weighted by atomic mass is 10.4. The van der Waals surface area contributed by atoms with Crippen LogP contribution in [0.4, 0.5) is 15.4 Å². The van der Waals surface area contributed by atoms with Gasteiger partial charge in [0.25, 0.3) is 0 Å². The molecule has 3 atom stereocenters. The lowest BCUT2D eigenvalue weighted by Crippen LogP contribution is -2.19. The molecule has 0 aliphatic carbocycles. The molecular formula is C20H31N5O10P+. The Morgan fingerprint density at radius 3 is 2.39 bits per heavy atom. The van der Waals surface area contributed by atoms with Gasteiger partial charge in [0.2, 0.25) is 19.9 Å². The van der Waals surface area contributed by atoms with Gasteiger partial charge in [0.15, 0.2) is 11.5 Å². The number of carbonyl (C=O) groups is 2. The summed E-state index contributed by atoms with van der Waals surface area (Å²) < 4.78 is 44.0. The predicted octanol–water partition coefficient (Wildman–Crippen LogP) is 3.00. The van der Waals surface area contributed by atoms with Gasteiger partial charge < -0.3 is 34.0 Å². The van der Waals surface area contributed by atoms with Crippen LogP contribution in [-0.4, -0.2) is 76.1 Å². The van der Waals surface area contributed by atoms with E-state index in [0.29, 0.717) is 17.7 Å². The van der Waals surface area contributed by atoms with E-state index in [1.165, 1.54) is 6.33 Å². The second-order valence-electron chi connectivity index (χ2n) is 8.23. The topological polar surface area (TPSA) is 181 Å². The molecule has 3 heterocycles. The fourth-order valence-electron chi connectivity index (χ4n) is 2.84. The minimum absolute atomic E-state index is 0.0155. The van der Waals surface area contributed by atoms with Gasteiger partial charge in [-0.1, -0.05) is 0 Å². The van der Waals surface area contributed by atoms with E-state index in [1.54, 1.807) is 38.6 Å². The Balaban J connectivity index is 1.53. The van der Waals surface area contributed by atoms with Crippen LogP contribution in [0, 0.1) is 0 Å². The Morgan fingerprint density at radius 2 is 1.72 bits per heavy atom. The van der Waals surface area contributed by atoms with Crippen LogP contribution in [0.25, 0.3) is 11.2 Å². The molecule has 1 aliphatic heterocycles. The number of imidazole rings is 1. The Morgan fingerprint density at radius 1 is 1.06 bits per heavy atom. The normalized spacial score (nSPS) is 19.9. The summed E-state index contributed by atoms with van der Waals surface area (Å²) in [7, 11) is -2.76. The van der Waals surface area contributed by atoms with Gasteiger partial charge in [0.05, 0.1) is 31.2 Å². The van der Waals surface area contributed by atoms with Crippen molar-refractivity contribution in [3.63, 3.8) is 0 Å². The molecule has 0 spiro atoms. The van der Waals surface area contributed by atoms with E-state index in [-0.39, 0.29) is 30.5 Å². The van der Waals surface area contributed by atoms with Gasteiger partial charge in [-0.15, -0.1) is 4.52 Å². The van der Waals surface area contributed by atoms with Crippen molar-refractivity contribution in [2.75, 3.05) is 25.7 Å². The summed E-state index contributed by atoms with van der Waals surface area (Å²) in [6.07, 6.45) is 0.202. The fraction of sp³-hybridized carbons (Fsp3) is 0.650. The van der Waals surface area contributed by atoms with E-state index in [9.17, 15) is 9.59 Å². The van der Waals surface area contributed by atoms with Crippen molar-refractivity contribution in [3.8, 4) is 0 Å². The van der Waals surface area contributed by atoms with Crippen LogP contribution in [0.15, 0.2) is 12.7 Å². The van der Waals surface area contributed by atoms with Crippen LogP contribution in [-0.2, 0) is 44.0 Å². The summed E-state index contributed by atoms with van der Waals surface area (Å²) in [5.41, 5.74) is 6.90. The van der Waals surface area contributed by atoms with Crippen molar-refractivity contribution in [3.05, 3.63) is 12.7 Å².